The Morgan fingerprint density at radius 3 is 2.94 bits per heavy atom. The van der Waals surface area contributed by atoms with E-state index in [0.29, 0.717) is 17.3 Å². The predicted octanol–water partition coefficient (Wildman–Crippen LogP) is 0.268. The molecule has 3 N–H and O–H groups in total. The van der Waals surface area contributed by atoms with Gasteiger partial charge in [-0.15, -0.1) is 0 Å². The number of carbonyl (C=O) groups is 1. The molecule has 7 heteroatoms. The summed E-state index contributed by atoms with van der Waals surface area (Å²) < 4.78 is 14.6. The van der Waals surface area contributed by atoms with Gasteiger partial charge in [-0.2, -0.15) is 0 Å². The zero-order chi connectivity index (χ0) is 13.1. The summed E-state index contributed by atoms with van der Waals surface area (Å²) in [6.45, 7) is 1.86. The Morgan fingerprint density at radius 2 is 2.28 bits per heavy atom. The Balaban J connectivity index is 2.20. The first kappa shape index (κ1) is 12.3. The van der Waals surface area contributed by atoms with Gasteiger partial charge < -0.3 is 30.0 Å². The molecule has 0 radical (unpaired) electrons. The van der Waals surface area contributed by atoms with Crippen LogP contribution in [0.25, 0.3) is 0 Å². The van der Waals surface area contributed by atoms with Gasteiger partial charge in [-0.25, -0.2) is 4.79 Å². The van der Waals surface area contributed by atoms with Crippen molar-refractivity contribution >= 4 is 6.16 Å². The summed E-state index contributed by atoms with van der Waals surface area (Å²) in [6.07, 6.45) is 1.42. The van der Waals surface area contributed by atoms with Crippen molar-refractivity contribution in [3.8, 4) is 0 Å². The van der Waals surface area contributed by atoms with Crippen LogP contribution in [-0.2, 0) is 14.2 Å². The van der Waals surface area contributed by atoms with Crippen molar-refractivity contribution in [2.45, 2.75) is 13.2 Å². The van der Waals surface area contributed by atoms with Gasteiger partial charge in [0.05, 0.1) is 19.4 Å². The van der Waals surface area contributed by atoms with Crippen LogP contribution in [0.2, 0.25) is 0 Å². The smallest absolute Gasteiger partial charge is 0.482 e. The fourth-order valence-corrected chi connectivity index (χ4v) is 1.60. The number of hydrogen-bond acceptors (Lipinski definition) is 7. The minimum atomic E-state index is -1.10. The van der Waals surface area contributed by atoms with E-state index in [4.69, 9.17) is 9.47 Å². The molecule has 0 aliphatic carbocycles. The summed E-state index contributed by atoms with van der Waals surface area (Å²) in [5, 5.41) is 15.4. The van der Waals surface area contributed by atoms with Crippen molar-refractivity contribution in [1.29, 1.82) is 0 Å². The number of allylic oxidation sites excluding steroid dienone is 2. The highest BCUT2D eigenvalue weighted by molar-refractivity contribution is 5.63. The van der Waals surface area contributed by atoms with Crippen molar-refractivity contribution < 1.29 is 24.1 Å². The highest BCUT2D eigenvalue weighted by atomic mass is 16.7. The molecular weight excluding hydrogens is 240 g/mol. The van der Waals surface area contributed by atoms with E-state index in [9.17, 15) is 9.90 Å². The van der Waals surface area contributed by atoms with Crippen LogP contribution in [0.1, 0.15) is 6.92 Å². The largest absolute Gasteiger partial charge is 0.513 e. The second-order valence-electron chi connectivity index (χ2n) is 3.51. The standard InChI is InChI=1S/C11H14N2O5/c1-3-17-11(15)18-9-8-6(12-10(9)14)4-5-7(13-8)16-2/h4-5,10,12-14H,3H2,1-2H3. The van der Waals surface area contributed by atoms with Crippen LogP contribution >= 0.6 is 0 Å². The van der Waals surface area contributed by atoms with Gasteiger partial charge in [-0.05, 0) is 13.0 Å². The van der Waals surface area contributed by atoms with Crippen LogP contribution < -0.4 is 10.6 Å². The minimum Gasteiger partial charge on any atom is -0.482 e. The van der Waals surface area contributed by atoms with Crippen LogP contribution in [-0.4, -0.2) is 31.2 Å². The molecule has 0 fully saturated rings. The second-order valence-corrected chi connectivity index (χ2v) is 3.51. The third-order valence-corrected chi connectivity index (χ3v) is 2.38. The van der Waals surface area contributed by atoms with Gasteiger partial charge in [0.15, 0.2) is 17.9 Å². The third-order valence-electron chi connectivity index (χ3n) is 2.38. The first-order chi connectivity index (χ1) is 8.65. The number of methoxy groups -OCH3 is 1. The van der Waals surface area contributed by atoms with E-state index in [1.165, 1.54) is 7.11 Å². The lowest BCUT2D eigenvalue weighted by Gasteiger charge is -2.15. The fourth-order valence-electron chi connectivity index (χ4n) is 1.60. The molecule has 2 rings (SSSR count). The number of rotatable bonds is 3. The van der Waals surface area contributed by atoms with Crippen molar-refractivity contribution in [3.63, 3.8) is 0 Å². The third kappa shape index (κ3) is 2.25. The molecular formula is C11H14N2O5. The zero-order valence-electron chi connectivity index (χ0n) is 10.0. The SMILES string of the molecule is CCOC(=O)OC1=C2NC(OC)=CC=C2NC1O. The van der Waals surface area contributed by atoms with Crippen molar-refractivity contribution in [2.24, 2.45) is 0 Å². The van der Waals surface area contributed by atoms with E-state index in [-0.39, 0.29) is 12.4 Å². The molecule has 2 aliphatic rings. The maximum Gasteiger partial charge on any atom is 0.513 e. The fraction of sp³-hybridized carbons (Fsp3) is 0.364. The van der Waals surface area contributed by atoms with E-state index in [1.807, 2.05) is 0 Å². The van der Waals surface area contributed by atoms with Gasteiger partial charge in [0.2, 0.25) is 0 Å². The number of carbonyl (C=O) groups excluding carboxylic acids is 1. The van der Waals surface area contributed by atoms with Crippen molar-refractivity contribution in [1.82, 2.24) is 10.6 Å². The average molecular weight is 254 g/mol. The molecule has 7 nitrogen and oxygen atoms in total. The molecule has 1 unspecified atom stereocenters. The number of nitrogens with one attached hydrogen (secondary N) is 2. The number of ether oxygens (including phenoxy) is 3. The Hall–Kier alpha value is -2.15. The lowest BCUT2D eigenvalue weighted by Crippen LogP contribution is -2.25. The highest BCUT2D eigenvalue weighted by Crippen LogP contribution is 2.26. The molecule has 0 aromatic rings. The molecule has 0 saturated carbocycles. The van der Waals surface area contributed by atoms with Gasteiger partial charge in [0.25, 0.3) is 0 Å². The molecule has 0 spiro atoms. The molecule has 98 valence electrons. The molecule has 2 heterocycles. The maximum absolute atomic E-state index is 11.3. The molecule has 0 aromatic heterocycles. The van der Waals surface area contributed by atoms with Crippen molar-refractivity contribution in [3.05, 3.63) is 35.2 Å². The first-order valence-electron chi connectivity index (χ1n) is 5.42. The van der Waals surface area contributed by atoms with Gasteiger partial charge in [0, 0.05) is 6.08 Å². The highest BCUT2D eigenvalue weighted by Gasteiger charge is 2.33. The molecule has 1 atom stereocenters. The summed E-state index contributed by atoms with van der Waals surface area (Å²) in [5.41, 5.74) is 1.07. The number of aliphatic hydroxyl groups is 1. The lowest BCUT2D eigenvalue weighted by atomic mass is 10.2. The zero-order valence-corrected chi connectivity index (χ0v) is 10.0. The molecule has 0 bridgehead atoms. The lowest BCUT2D eigenvalue weighted by molar-refractivity contribution is 0.0554. The van der Waals surface area contributed by atoms with Gasteiger partial charge in [-0.3, -0.25) is 0 Å². The molecule has 2 aliphatic heterocycles. The summed E-state index contributed by atoms with van der Waals surface area (Å²) in [5.74, 6) is 0.539. The van der Waals surface area contributed by atoms with Crippen molar-refractivity contribution in [2.75, 3.05) is 13.7 Å². The normalized spacial score (nSPS) is 21.2. The van der Waals surface area contributed by atoms with Crippen LogP contribution in [0.15, 0.2) is 35.2 Å². The number of dihydropyridines is 1. The quantitative estimate of drug-likeness (QED) is 0.623. The van der Waals surface area contributed by atoms with Gasteiger partial charge in [-0.1, -0.05) is 0 Å². The van der Waals surface area contributed by atoms with Gasteiger partial charge in [0.1, 0.15) is 5.70 Å². The van der Waals surface area contributed by atoms with E-state index < -0.39 is 12.4 Å². The minimum absolute atomic E-state index is 0.0577. The van der Waals surface area contributed by atoms with E-state index in [0.717, 1.165) is 0 Å². The Bertz CT molecular complexity index is 452. The first-order valence-corrected chi connectivity index (χ1v) is 5.42. The Kier molecular flexibility index (Phi) is 3.42. The topological polar surface area (TPSA) is 89.1 Å². The molecule has 0 saturated heterocycles. The Morgan fingerprint density at radius 1 is 1.50 bits per heavy atom. The Labute approximate surface area is 104 Å². The number of fused-ring (bicyclic) bond motifs is 1. The van der Waals surface area contributed by atoms with Crippen LogP contribution in [0.3, 0.4) is 0 Å². The number of hydrogen-bond donors (Lipinski definition) is 3. The molecule has 18 heavy (non-hydrogen) atoms. The summed E-state index contributed by atoms with van der Waals surface area (Å²) in [4.78, 5) is 11.3. The second kappa shape index (κ2) is 5.01. The van der Waals surface area contributed by atoms with E-state index in [1.54, 1.807) is 19.1 Å². The van der Waals surface area contributed by atoms with E-state index in [2.05, 4.69) is 15.4 Å². The predicted molar refractivity (Wildman–Crippen MR) is 60.6 cm³/mol. The summed E-state index contributed by atoms with van der Waals surface area (Å²) in [6, 6.07) is 0. The maximum atomic E-state index is 11.3. The van der Waals surface area contributed by atoms with E-state index >= 15 is 0 Å². The summed E-state index contributed by atoms with van der Waals surface area (Å²) >= 11 is 0. The molecule has 0 aromatic carbocycles. The van der Waals surface area contributed by atoms with Crippen LogP contribution in [0.5, 0.6) is 0 Å². The van der Waals surface area contributed by atoms with Gasteiger partial charge >= 0.3 is 6.16 Å². The number of aliphatic hydroxyl groups excluding tert-OH is 1. The average Bonchev–Trinajstić information content (AvgIpc) is 2.65. The monoisotopic (exact) mass is 254 g/mol. The molecule has 0 amide bonds. The van der Waals surface area contributed by atoms with Crippen LogP contribution in [0.4, 0.5) is 4.79 Å². The van der Waals surface area contributed by atoms with Crippen LogP contribution in [0, 0.1) is 0 Å². The summed E-state index contributed by atoms with van der Waals surface area (Å²) in [7, 11) is 1.50.